The lowest BCUT2D eigenvalue weighted by molar-refractivity contribution is -0.161. The summed E-state index contributed by atoms with van der Waals surface area (Å²) in [6.45, 7) is 3.76. The van der Waals surface area contributed by atoms with Crippen molar-refractivity contribution in [3.63, 3.8) is 0 Å². The third-order valence-electron chi connectivity index (χ3n) is 8.40. The van der Waals surface area contributed by atoms with E-state index in [1.54, 1.807) is 0 Å². The van der Waals surface area contributed by atoms with Crippen LogP contribution in [0.4, 0.5) is 0 Å². The van der Waals surface area contributed by atoms with Gasteiger partial charge in [-0.15, -0.1) is 0 Å². The van der Waals surface area contributed by atoms with E-state index in [2.05, 4.69) is 54.8 Å². The van der Waals surface area contributed by atoms with Gasteiger partial charge in [-0.05, 0) is 44.9 Å². The van der Waals surface area contributed by atoms with Crippen molar-refractivity contribution < 1.29 is 37.6 Å². The van der Waals surface area contributed by atoms with Crippen molar-refractivity contribution in [3.8, 4) is 0 Å². The number of ether oxygens (including phenoxy) is 2. The Morgan fingerprint density at radius 1 is 0.592 bits per heavy atom. The van der Waals surface area contributed by atoms with E-state index >= 15 is 0 Å². The number of unbranched alkanes of at least 4 members (excludes halogenated alkanes) is 19. The van der Waals surface area contributed by atoms with E-state index in [9.17, 15) is 19.0 Å². The first-order valence-corrected chi connectivity index (χ1v) is 21.2. The lowest BCUT2D eigenvalue weighted by Crippen LogP contribution is -2.29. The van der Waals surface area contributed by atoms with Crippen molar-refractivity contribution in [2.75, 3.05) is 20.3 Å². The largest absolute Gasteiger partial charge is 0.472 e. The second-order valence-corrected chi connectivity index (χ2v) is 14.6. The number of hydrogen-bond donors (Lipinski definition) is 1. The summed E-state index contributed by atoms with van der Waals surface area (Å²) in [5.74, 6) is -0.820. The molecule has 0 aliphatic rings. The lowest BCUT2D eigenvalue weighted by atomic mass is 10.0. The van der Waals surface area contributed by atoms with Crippen LogP contribution in [0, 0.1) is 0 Å². The maximum absolute atomic E-state index is 12.5. The number of esters is 2. The molecule has 286 valence electrons. The molecule has 8 nitrogen and oxygen atoms in total. The van der Waals surface area contributed by atoms with Gasteiger partial charge in [0.1, 0.15) is 6.61 Å². The molecular formula is C40H73O8P. The Kier molecular flexibility index (Phi) is 34.8. The van der Waals surface area contributed by atoms with Crippen LogP contribution >= 0.6 is 7.82 Å². The SMILES string of the molecule is CC/C=C\C/C=C\C/C=C\CCCCCCCC(=O)OC(COC(=O)CCCCCCCCCCCCCCCCC)COP(=O)(O)OC. The summed E-state index contributed by atoms with van der Waals surface area (Å²) in [6.07, 6.45) is 40.5. The number of hydrogen-bond acceptors (Lipinski definition) is 7. The molecule has 0 radical (unpaired) electrons. The Balaban J connectivity index is 4.05. The zero-order valence-corrected chi connectivity index (χ0v) is 32.5. The van der Waals surface area contributed by atoms with Crippen LogP contribution in [0.1, 0.15) is 181 Å². The fourth-order valence-electron chi connectivity index (χ4n) is 5.38. The van der Waals surface area contributed by atoms with E-state index in [1.165, 1.54) is 77.0 Å². The Bertz CT molecular complexity index is 901. The molecule has 0 aliphatic carbocycles. The molecule has 0 amide bonds. The fourth-order valence-corrected chi connectivity index (χ4v) is 5.84. The summed E-state index contributed by atoms with van der Waals surface area (Å²) in [4.78, 5) is 34.4. The number of carbonyl (C=O) groups excluding carboxylic acids is 2. The predicted molar refractivity (Wildman–Crippen MR) is 202 cm³/mol. The van der Waals surface area contributed by atoms with E-state index < -0.39 is 26.5 Å². The Morgan fingerprint density at radius 3 is 1.55 bits per heavy atom. The zero-order valence-electron chi connectivity index (χ0n) is 31.6. The van der Waals surface area contributed by atoms with E-state index in [0.29, 0.717) is 12.8 Å². The lowest BCUT2D eigenvalue weighted by Gasteiger charge is -2.19. The molecule has 0 aromatic heterocycles. The molecule has 49 heavy (non-hydrogen) atoms. The van der Waals surface area contributed by atoms with E-state index in [1.807, 2.05) is 0 Å². The van der Waals surface area contributed by atoms with Crippen molar-refractivity contribution in [2.45, 2.75) is 187 Å². The van der Waals surface area contributed by atoms with E-state index in [-0.39, 0.29) is 19.0 Å². The molecule has 0 saturated heterocycles. The van der Waals surface area contributed by atoms with Crippen molar-refractivity contribution in [3.05, 3.63) is 36.5 Å². The van der Waals surface area contributed by atoms with Gasteiger partial charge in [-0.2, -0.15) is 0 Å². The third-order valence-corrected chi connectivity index (χ3v) is 9.34. The monoisotopic (exact) mass is 713 g/mol. The number of phosphoric acid groups is 1. The second-order valence-electron chi connectivity index (χ2n) is 13.0. The smallest absolute Gasteiger partial charge is 0.462 e. The molecule has 0 bridgehead atoms. The molecule has 9 heteroatoms. The molecule has 2 unspecified atom stereocenters. The molecule has 0 aliphatic heterocycles. The maximum atomic E-state index is 12.5. The Labute approximate surface area is 300 Å². The first kappa shape index (κ1) is 47.3. The molecular weight excluding hydrogens is 639 g/mol. The summed E-state index contributed by atoms with van der Waals surface area (Å²) >= 11 is 0. The van der Waals surface area contributed by atoms with Gasteiger partial charge in [0.05, 0.1) is 6.61 Å². The zero-order chi connectivity index (χ0) is 36.1. The van der Waals surface area contributed by atoms with Crippen molar-refractivity contribution in [2.24, 2.45) is 0 Å². The predicted octanol–water partition coefficient (Wildman–Crippen LogP) is 12.1. The van der Waals surface area contributed by atoms with Gasteiger partial charge in [-0.25, -0.2) is 4.57 Å². The van der Waals surface area contributed by atoms with Gasteiger partial charge in [-0.3, -0.25) is 18.6 Å². The quantitative estimate of drug-likeness (QED) is 0.0296. The van der Waals surface area contributed by atoms with Crippen LogP contribution in [-0.2, 0) is 32.7 Å². The van der Waals surface area contributed by atoms with Crippen molar-refractivity contribution in [1.29, 1.82) is 0 Å². The Hall–Kier alpha value is -1.73. The van der Waals surface area contributed by atoms with Crippen molar-refractivity contribution in [1.82, 2.24) is 0 Å². The van der Waals surface area contributed by atoms with Gasteiger partial charge in [0.25, 0.3) is 0 Å². The highest BCUT2D eigenvalue weighted by atomic mass is 31.2. The van der Waals surface area contributed by atoms with Crippen LogP contribution in [0.2, 0.25) is 0 Å². The highest BCUT2D eigenvalue weighted by molar-refractivity contribution is 7.47. The van der Waals surface area contributed by atoms with Crippen LogP contribution in [-0.4, -0.2) is 43.3 Å². The van der Waals surface area contributed by atoms with Gasteiger partial charge in [0.15, 0.2) is 6.10 Å². The third kappa shape index (κ3) is 35.9. The van der Waals surface area contributed by atoms with E-state index in [0.717, 1.165) is 77.7 Å². The van der Waals surface area contributed by atoms with Crippen LogP contribution in [0.5, 0.6) is 0 Å². The molecule has 2 atom stereocenters. The first-order chi connectivity index (χ1) is 23.8. The van der Waals surface area contributed by atoms with Crippen molar-refractivity contribution >= 4 is 19.8 Å². The molecule has 0 aromatic rings. The average molecular weight is 713 g/mol. The Morgan fingerprint density at radius 2 is 1.04 bits per heavy atom. The topological polar surface area (TPSA) is 108 Å². The van der Waals surface area contributed by atoms with Gasteiger partial charge in [-0.1, -0.05) is 159 Å². The highest BCUT2D eigenvalue weighted by Gasteiger charge is 2.24. The summed E-state index contributed by atoms with van der Waals surface area (Å²) in [6, 6.07) is 0. The van der Waals surface area contributed by atoms with Gasteiger partial charge in [0.2, 0.25) is 0 Å². The summed E-state index contributed by atoms with van der Waals surface area (Å²) in [7, 11) is -3.20. The van der Waals surface area contributed by atoms with Crippen LogP contribution < -0.4 is 0 Å². The molecule has 0 aromatic carbocycles. The number of rotatable bonds is 36. The second kappa shape index (κ2) is 36.1. The number of carbonyl (C=O) groups is 2. The molecule has 1 N–H and O–H groups in total. The fraction of sp³-hybridized carbons (Fsp3) is 0.800. The molecule has 0 heterocycles. The molecule has 0 fully saturated rings. The molecule has 0 spiro atoms. The summed E-state index contributed by atoms with van der Waals surface area (Å²) < 4.78 is 31.9. The minimum Gasteiger partial charge on any atom is -0.462 e. The van der Waals surface area contributed by atoms with Crippen LogP contribution in [0.15, 0.2) is 36.5 Å². The highest BCUT2D eigenvalue weighted by Crippen LogP contribution is 2.42. The minimum atomic E-state index is -4.26. The van der Waals surface area contributed by atoms with Crippen LogP contribution in [0.3, 0.4) is 0 Å². The number of phosphoric ester groups is 1. The number of allylic oxidation sites excluding steroid dienone is 6. The first-order valence-electron chi connectivity index (χ1n) is 19.7. The average Bonchev–Trinajstić information content (AvgIpc) is 3.09. The van der Waals surface area contributed by atoms with Gasteiger partial charge in [0, 0.05) is 20.0 Å². The van der Waals surface area contributed by atoms with Gasteiger partial charge < -0.3 is 14.4 Å². The van der Waals surface area contributed by atoms with Gasteiger partial charge >= 0.3 is 19.8 Å². The minimum absolute atomic E-state index is 0.227. The molecule has 0 rings (SSSR count). The van der Waals surface area contributed by atoms with E-state index in [4.69, 9.17) is 14.0 Å². The standard InChI is InChI=1S/C40H73O8P/c1-4-6-8-10-12-14-16-18-20-22-24-26-28-30-32-34-39(41)46-36-38(37-47-49(43,44)45-3)48-40(42)35-33-31-29-27-25-23-21-19-17-15-13-11-9-7-5-2/h7,9,13,15,19,21,38H,4-6,8,10-12,14,16-18,20,22-37H2,1-3H3,(H,43,44)/b9-7-,15-13-,21-19-. The normalized spacial score (nSPS) is 13.8. The summed E-state index contributed by atoms with van der Waals surface area (Å²) in [5.41, 5.74) is 0. The maximum Gasteiger partial charge on any atom is 0.472 e. The summed E-state index contributed by atoms with van der Waals surface area (Å²) in [5, 5.41) is 0. The van der Waals surface area contributed by atoms with Crippen LogP contribution in [0.25, 0.3) is 0 Å². The molecule has 0 saturated carbocycles.